The second-order valence-corrected chi connectivity index (χ2v) is 4.75. The molecule has 2 aromatic carbocycles. The Morgan fingerprint density at radius 2 is 2.00 bits per heavy atom. The maximum absolute atomic E-state index is 13.8. The van der Waals surface area contributed by atoms with Crippen molar-refractivity contribution in [1.82, 2.24) is 0 Å². The standard InChI is InChI=1S/C15H14ClFO2/c1-9-8-11(6-7-13(9)16)19-15-12(10(2)18)4-3-5-14(15)17/h3-8,10,18H,1-2H3/t10-/m0/s1. The zero-order valence-electron chi connectivity index (χ0n) is 10.7. The quantitative estimate of drug-likeness (QED) is 0.888. The highest BCUT2D eigenvalue weighted by molar-refractivity contribution is 6.31. The lowest BCUT2D eigenvalue weighted by Crippen LogP contribution is -1.98. The second kappa shape index (κ2) is 5.59. The Morgan fingerprint density at radius 3 is 2.63 bits per heavy atom. The van der Waals surface area contributed by atoms with Crippen molar-refractivity contribution in [3.8, 4) is 11.5 Å². The molecular formula is C15H14ClFO2. The van der Waals surface area contributed by atoms with Crippen LogP contribution in [0.5, 0.6) is 11.5 Å². The van der Waals surface area contributed by atoms with E-state index < -0.39 is 11.9 Å². The smallest absolute Gasteiger partial charge is 0.168 e. The van der Waals surface area contributed by atoms with Crippen molar-refractivity contribution in [2.75, 3.05) is 0 Å². The van der Waals surface area contributed by atoms with Gasteiger partial charge in [-0.25, -0.2) is 4.39 Å². The van der Waals surface area contributed by atoms with Crippen LogP contribution in [0.2, 0.25) is 5.02 Å². The van der Waals surface area contributed by atoms with Crippen LogP contribution in [0, 0.1) is 12.7 Å². The van der Waals surface area contributed by atoms with Crippen LogP contribution in [0.3, 0.4) is 0 Å². The Bertz CT molecular complexity index is 597. The van der Waals surface area contributed by atoms with Gasteiger partial charge in [0, 0.05) is 10.6 Å². The summed E-state index contributed by atoms with van der Waals surface area (Å²) in [6, 6.07) is 9.54. The van der Waals surface area contributed by atoms with Crippen molar-refractivity contribution < 1.29 is 14.2 Å². The number of rotatable bonds is 3. The first-order valence-electron chi connectivity index (χ1n) is 5.89. The maximum atomic E-state index is 13.8. The van der Waals surface area contributed by atoms with E-state index in [4.69, 9.17) is 16.3 Å². The minimum atomic E-state index is -0.806. The molecule has 2 rings (SSSR count). The van der Waals surface area contributed by atoms with E-state index in [9.17, 15) is 9.50 Å². The first-order chi connectivity index (χ1) is 8.99. The minimum absolute atomic E-state index is 0.0409. The highest BCUT2D eigenvalue weighted by Crippen LogP contribution is 2.33. The molecule has 1 atom stereocenters. The Labute approximate surface area is 116 Å². The molecule has 0 saturated heterocycles. The number of aryl methyl sites for hydroxylation is 1. The number of hydrogen-bond acceptors (Lipinski definition) is 2. The molecule has 2 nitrogen and oxygen atoms in total. The van der Waals surface area contributed by atoms with Gasteiger partial charge in [0.15, 0.2) is 11.6 Å². The zero-order chi connectivity index (χ0) is 14.0. The average molecular weight is 281 g/mol. The number of aliphatic hydroxyl groups excluding tert-OH is 1. The van der Waals surface area contributed by atoms with Gasteiger partial charge in [-0.2, -0.15) is 0 Å². The molecule has 0 spiro atoms. The van der Waals surface area contributed by atoms with Crippen molar-refractivity contribution >= 4 is 11.6 Å². The Hall–Kier alpha value is -1.58. The summed E-state index contributed by atoms with van der Waals surface area (Å²) in [7, 11) is 0. The van der Waals surface area contributed by atoms with Crippen LogP contribution in [-0.2, 0) is 0 Å². The summed E-state index contributed by atoms with van der Waals surface area (Å²) < 4.78 is 19.4. The third-order valence-corrected chi connectivity index (χ3v) is 3.22. The molecule has 100 valence electrons. The number of halogens is 2. The molecule has 0 aliphatic rings. The lowest BCUT2D eigenvalue weighted by molar-refractivity contribution is 0.194. The summed E-state index contributed by atoms with van der Waals surface area (Å²) in [5, 5.41) is 10.3. The first-order valence-corrected chi connectivity index (χ1v) is 6.27. The molecule has 0 radical (unpaired) electrons. The second-order valence-electron chi connectivity index (χ2n) is 4.35. The number of para-hydroxylation sites is 1. The van der Waals surface area contributed by atoms with Crippen molar-refractivity contribution in [3.05, 3.63) is 58.4 Å². The molecule has 0 amide bonds. The summed E-state index contributed by atoms with van der Waals surface area (Å²) in [4.78, 5) is 0. The van der Waals surface area contributed by atoms with Crippen LogP contribution in [0.15, 0.2) is 36.4 Å². The van der Waals surface area contributed by atoms with E-state index >= 15 is 0 Å². The fraction of sp³-hybridized carbons (Fsp3) is 0.200. The third kappa shape index (κ3) is 3.06. The zero-order valence-corrected chi connectivity index (χ0v) is 11.4. The van der Waals surface area contributed by atoms with Gasteiger partial charge >= 0.3 is 0 Å². The molecule has 0 aliphatic carbocycles. The van der Waals surface area contributed by atoms with Crippen molar-refractivity contribution in [3.63, 3.8) is 0 Å². The molecule has 0 fully saturated rings. The van der Waals surface area contributed by atoms with E-state index in [1.807, 2.05) is 6.92 Å². The van der Waals surface area contributed by atoms with E-state index in [-0.39, 0.29) is 5.75 Å². The van der Waals surface area contributed by atoms with Crippen LogP contribution < -0.4 is 4.74 Å². The van der Waals surface area contributed by atoms with Gasteiger partial charge in [0.2, 0.25) is 0 Å². The Kier molecular flexibility index (Phi) is 4.08. The van der Waals surface area contributed by atoms with Crippen LogP contribution in [0.1, 0.15) is 24.2 Å². The van der Waals surface area contributed by atoms with Crippen molar-refractivity contribution in [1.29, 1.82) is 0 Å². The largest absolute Gasteiger partial charge is 0.454 e. The van der Waals surface area contributed by atoms with Crippen molar-refractivity contribution in [2.45, 2.75) is 20.0 Å². The maximum Gasteiger partial charge on any atom is 0.168 e. The molecule has 0 unspecified atom stereocenters. The van der Waals surface area contributed by atoms with Gasteiger partial charge in [-0.1, -0.05) is 23.7 Å². The molecule has 0 saturated carbocycles. The van der Waals surface area contributed by atoms with Gasteiger partial charge < -0.3 is 9.84 Å². The molecule has 0 bridgehead atoms. The summed E-state index contributed by atoms with van der Waals surface area (Å²) >= 11 is 5.93. The highest BCUT2D eigenvalue weighted by atomic mass is 35.5. The molecule has 0 heterocycles. The first kappa shape index (κ1) is 13.8. The summed E-state index contributed by atoms with van der Waals surface area (Å²) in [5.41, 5.74) is 1.25. The van der Waals surface area contributed by atoms with Crippen LogP contribution in [0.25, 0.3) is 0 Å². The molecule has 19 heavy (non-hydrogen) atoms. The fourth-order valence-electron chi connectivity index (χ4n) is 1.76. The predicted octanol–water partition coefficient (Wildman–Crippen LogP) is 4.63. The molecule has 0 aromatic heterocycles. The molecule has 2 aromatic rings. The van der Waals surface area contributed by atoms with Gasteiger partial charge in [-0.15, -0.1) is 0 Å². The normalized spacial score (nSPS) is 12.3. The summed E-state index contributed by atoms with van der Waals surface area (Å²) in [6.07, 6.45) is -0.806. The molecule has 0 aliphatic heterocycles. The topological polar surface area (TPSA) is 29.5 Å². The van der Waals surface area contributed by atoms with Crippen LogP contribution >= 0.6 is 11.6 Å². The highest BCUT2D eigenvalue weighted by Gasteiger charge is 2.14. The van der Waals surface area contributed by atoms with Gasteiger partial charge in [-0.05, 0) is 43.7 Å². The Morgan fingerprint density at radius 1 is 1.26 bits per heavy atom. The van der Waals surface area contributed by atoms with Crippen molar-refractivity contribution in [2.24, 2.45) is 0 Å². The molecular weight excluding hydrogens is 267 g/mol. The molecule has 1 N–H and O–H groups in total. The number of hydrogen-bond donors (Lipinski definition) is 1. The Balaban J connectivity index is 2.40. The van der Waals surface area contributed by atoms with E-state index in [1.54, 1.807) is 31.2 Å². The van der Waals surface area contributed by atoms with Gasteiger partial charge in [0.25, 0.3) is 0 Å². The predicted molar refractivity (Wildman–Crippen MR) is 73.3 cm³/mol. The van der Waals surface area contributed by atoms with Crippen LogP contribution in [-0.4, -0.2) is 5.11 Å². The number of aliphatic hydroxyl groups is 1. The van der Waals surface area contributed by atoms with E-state index in [1.165, 1.54) is 12.1 Å². The van der Waals surface area contributed by atoms with E-state index in [0.717, 1.165) is 5.56 Å². The van der Waals surface area contributed by atoms with Crippen LogP contribution in [0.4, 0.5) is 4.39 Å². The summed E-state index contributed by atoms with van der Waals surface area (Å²) in [5.74, 6) is 0.0131. The molecule has 4 heteroatoms. The van der Waals surface area contributed by atoms with E-state index in [0.29, 0.717) is 16.3 Å². The minimum Gasteiger partial charge on any atom is -0.454 e. The average Bonchev–Trinajstić information content (AvgIpc) is 2.36. The van der Waals surface area contributed by atoms with E-state index in [2.05, 4.69) is 0 Å². The number of benzene rings is 2. The van der Waals surface area contributed by atoms with Gasteiger partial charge in [0.05, 0.1) is 6.10 Å². The number of ether oxygens (including phenoxy) is 1. The lowest BCUT2D eigenvalue weighted by atomic mass is 10.1. The fourth-order valence-corrected chi connectivity index (χ4v) is 1.88. The third-order valence-electron chi connectivity index (χ3n) is 2.80. The van der Waals surface area contributed by atoms with Gasteiger partial charge in [-0.3, -0.25) is 0 Å². The summed E-state index contributed by atoms with van der Waals surface area (Å²) in [6.45, 7) is 3.40. The SMILES string of the molecule is Cc1cc(Oc2c(F)cccc2[C@H](C)O)ccc1Cl. The monoisotopic (exact) mass is 280 g/mol. The lowest BCUT2D eigenvalue weighted by Gasteiger charge is -2.14. The van der Waals surface area contributed by atoms with Gasteiger partial charge in [0.1, 0.15) is 5.75 Å².